The van der Waals surface area contributed by atoms with Crippen LogP contribution in [0.1, 0.15) is 49.0 Å². The molecule has 1 aromatic heterocycles. The molecular weight excluding hydrogens is 312 g/mol. The fourth-order valence-corrected chi connectivity index (χ4v) is 3.58. The minimum Gasteiger partial charge on any atom is -0.371 e. The molecule has 2 atom stereocenters. The van der Waals surface area contributed by atoms with Crippen LogP contribution in [0.15, 0.2) is 54.9 Å². The molecule has 2 aliphatic rings. The number of carbonyl (C=O) groups is 1. The van der Waals surface area contributed by atoms with Crippen molar-refractivity contribution in [3.8, 4) is 0 Å². The molecule has 2 aromatic rings. The van der Waals surface area contributed by atoms with Crippen LogP contribution in [0.25, 0.3) is 0 Å². The number of amides is 1. The summed E-state index contributed by atoms with van der Waals surface area (Å²) in [7, 11) is 0. The van der Waals surface area contributed by atoms with E-state index in [2.05, 4.69) is 17.1 Å². The number of nitrogens with zero attached hydrogens (tertiary/aromatic N) is 2. The maximum atomic E-state index is 12.5. The van der Waals surface area contributed by atoms with E-state index < -0.39 is 0 Å². The highest BCUT2D eigenvalue weighted by Gasteiger charge is 2.37. The molecule has 1 saturated heterocycles. The summed E-state index contributed by atoms with van der Waals surface area (Å²) >= 11 is 0. The minimum atomic E-state index is -0.159. The summed E-state index contributed by atoms with van der Waals surface area (Å²) in [6, 6.07) is 14.2. The molecule has 0 N–H and O–H groups in total. The molecule has 0 unspecified atom stereocenters. The summed E-state index contributed by atoms with van der Waals surface area (Å²) in [5.74, 6) is 0.901. The van der Waals surface area contributed by atoms with Crippen molar-refractivity contribution in [1.82, 2.24) is 9.88 Å². The number of aromatic nitrogens is 1. The Morgan fingerprint density at radius 3 is 2.48 bits per heavy atom. The van der Waals surface area contributed by atoms with Crippen LogP contribution < -0.4 is 0 Å². The van der Waals surface area contributed by atoms with Crippen LogP contribution in [0.2, 0.25) is 0 Å². The molecule has 1 aromatic carbocycles. The van der Waals surface area contributed by atoms with Crippen LogP contribution in [-0.4, -0.2) is 28.9 Å². The third-order valence-corrected chi connectivity index (χ3v) is 5.12. The van der Waals surface area contributed by atoms with Gasteiger partial charge >= 0.3 is 0 Å². The van der Waals surface area contributed by atoms with Crippen LogP contribution in [-0.2, 0) is 9.53 Å². The Labute approximate surface area is 148 Å². The molecule has 4 heteroatoms. The second-order valence-corrected chi connectivity index (χ2v) is 7.02. The average Bonchev–Trinajstić information content (AvgIpc) is 3.40. The number of benzene rings is 1. The first-order valence-corrected chi connectivity index (χ1v) is 9.19. The van der Waals surface area contributed by atoms with E-state index in [0.29, 0.717) is 12.3 Å². The SMILES string of the molecule is O=C1CCCN1[C@@H](c1ccccc1)[C@H](OCC1CC1)c1ccncc1. The van der Waals surface area contributed by atoms with Gasteiger partial charge in [0.15, 0.2) is 0 Å². The van der Waals surface area contributed by atoms with E-state index in [1.54, 1.807) is 12.4 Å². The molecule has 1 aliphatic carbocycles. The molecule has 0 bridgehead atoms. The monoisotopic (exact) mass is 336 g/mol. The van der Waals surface area contributed by atoms with Crippen molar-refractivity contribution < 1.29 is 9.53 Å². The van der Waals surface area contributed by atoms with Gasteiger partial charge in [0, 0.05) is 25.4 Å². The molecule has 1 aliphatic heterocycles. The maximum Gasteiger partial charge on any atom is 0.223 e. The lowest BCUT2D eigenvalue weighted by molar-refractivity contribution is -0.133. The first kappa shape index (κ1) is 16.3. The smallest absolute Gasteiger partial charge is 0.223 e. The van der Waals surface area contributed by atoms with Gasteiger partial charge < -0.3 is 9.64 Å². The number of hydrogen-bond donors (Lipinski definition) is 0. The highest BCUT2D eigenvalue weighted by Crippen LogP contribution is 2.40. The Morgan fingerprint density at radius 2 is 1.84 bits per heavy atom. The summed E-state index contributed by atoms with van der Waals surface area (Å²) in [6.45, 7) is 1.56. The van der Waals surface area contributed by atoms with Crippen LogP contribution in [0.3, 0.4) is 0 Å². The zero-order chi connectivity index (χ0) is 17.1. The van der Waals surface area contributed by atoms with Gasteiger partial charge in [0.25, 0.3) is 0 Å². The number of rotatable bonds is 7. The van der Waals surface area contributed by atoms with Crippen molar-refractivity contribution in [2.24, 2.45) is 5.92 Å². The van der Waals surface area contributed by atoms with Crippen molar-refractivity contribution in [3.05, 3.63) is 66.0 Å². The predicted octanol–water partition coefficient (Wildman–Crippen LogP) is 3.91. The molecule has 4 rings (SSSR count). The summed E-state index contributed by atoms with van der Waals surface area (Å²) in [4.78, 5) is 18.7. The molecule has 130 valence electrons. The van der Waals surface area contributed by atoms with Gasteiger partial charge in [-0.1, -0.05) is 30.3 Å². The molecule has 1 amide bonds. The highest BCUT2D eigenvalue weighted by molar-refractivity contribution is 5.78. The van der Waals surface area contributed by atoms with Crippen LogP contribution in [0.4, 0.5) is 0 Å². The first-order valence-electron chi connectivity index (χ1n) is 9.19. The van der Waals surface area contributed by atoms with Crippen LogP contribution in [0, 0.1) is 5.92 Å². The van der Waals surface area contributed by atoms with Crippen molar-refractivity contribution in [3.63, 3.8) is 0 Å². The van der Waals surface area contributed by atoms with Crippen molar-refractivity contribution >= 4 is 5.91 Å². The Morgan fingerprint density at radius 1 is 1.08 bits per heavy atom. The van der Waals surface area contributed by atoms with Gasteiger partial charge in [-0.2, -0.15) is 0 Å². The number of carbonyl (C=O) groups excluding carboxylic acids is 1. The molecule has 4 nitrogen and oxygen atoms in total. The molecule has 25 heavy (non-hydrogen) atoms. The Bertz CT molecular complexity index is 700. The number of hydrogen-bond acceptors (Lipinski definition) is 3. The number of pyridine rings is 1. The van der Waals surface area contributed by atoms with E-state index in [-0.39, 0.29) is 18.1 Å². The molecule has 1 saturated carbocycles. The highest BCUT2D eigenvalue weighted by atomic mass is 16.5. The largest absolute Gasteiger partial charge is 0.371 e. The summed E-state index contributed by atoms with van der Waals surface area (Å²) in [5.41, 5.74) is 2.22. The van der Waals surface area contributed by atoms with E-state index in [4.69, 9.17) is 4.74 Å². The summed E-state index contributed by atoms with van der Waals surface area (Å²) < 4.78 is 6.41. The van der Waals surface area contributed by atoms with Crippen molar-refractivity contribution in [1.29, 1.82) is 0 Å². The molecule has 2 fully saturated rings. The first-order chi connectivity index (χ1) is 12.3. The topological polar surface area (TPSA) is 42.4 Å². The fourth-order valence-electron chi connectivity index (χ4n) is 3.58. The van der Waals surface area contributed by atoms with E-state index in [0.717, 1.165) is 30.7 Å². The van der Waals surface area contributed by atoms with Gasteiger partial charge in [-0.15, -0.1) is 0 Å². The lowest BCUT2D eigenvalue weighted by Gasteiger charge is -2.35. The summed E-state index contributed by atoms with van der Waals surface area (Å²) in [6.07, 6.45) is 7.51. The standard InChI is InChI=1S/C21H24N2O2/c24-19-7-4-14-23(19)20(17-5-2-1-3-6-17)21(25-15-16-8-9-16)18-10-12-22-13-11-18/h1-3,5-6,10-13,16,20-21H,4,7-9,14-15H2/t20-,21+/m0/s1. The lowest BCUT2D eigenvalue weighted by Crippen LogP contribution is -2.35. The zero-order valence-electron chi connectivity index (χ0n) is 14.4. The van der Waals surface area contributed by atoms with E-state index in [1.165, 1.54) is 12.8 Å². The van der Waals surface area contributed by atoms with Gasteiger partial charge in [0.2, 0.25) is 5.91 Å². The molecular formula is C21H24N2O2. The molecule has 0 spiro atoms. The normalized spacial score (nSPS) is 19.8. The Kier molecular flexibility index (Phi) is 4.79. The molecule has 0 radical (unpaired) electrons. The van der Waals surface area contributed by atoms with Gasteiger partial charge in [0.1, 0.15) is 6.10 Å². The van der Waals surface area contributed by atoms with E-state index in [9.17, 15) is 4.79 Å². The number of ether oxygens (including phenoxy) is 1. The van der Waals surface area contributed by atoms with Crippen LogP contribution >= 0.6 is 0 Å². The maximum absolute atomic E-state index is 12.5. The predicted molar refractivity (Wildman–Crippen MR) is 95.8 cm³/mol. The lowest BCUT2D eigenvalue weighted by atomic mass is 9.94. The second kappa shape index (κ2) is 7.36. The third kappa shape index (κ3) is 3.74. The van der Waals surface area contributed by atoms with Gasteiger partial charge in [0.05, 0.1) is 12.6 Å². The van der Waals surface area contributed by atoms with Gasteiger partial charge in [-0.25, -0.2) is 0 Å². The number of likely N-dealkylation sites (tertiary alicyclic amines) is 1. The average molecular weight is 336 g/mol. The third-order valence-electron chi connectivity index (χ3n) is 5.12. The summed E-state index contributed by atoms with van der Waals surface area (Å²) in [5, 5.41) is 0. The van der Waals surface area contributed by atoms with Crippen LogP contribution in [0.5, 0.6) is 0 Å². The van der Waals surface area contributed by atoms with Gasteiger partial charge in [-0.05, 0) is 48.4 Å². The molecule has 2 heterocycles. The van der Waals surface area contributed by atoms with E-state index >= 15 is 0 Å². The minimum absolute atomic E-state index is 0.0858. The Hall–Kier alpha value is -2.20. The van der Waals surface area contributed by atoms with Gasteiger partial charge in [-0.3, -0.25) is 9.78 Å². The van der Waals surface area contributed by atoms with Crippen molar-refractivity contribution in [2.45, 2.75) is 37.8 Å². The quantitative estimate of drug-likeness (QED) is 0.770. The van der Waals surface area contributed by atoms with Crippen molar-refractivity contribution in [2.75, 3.05) is 13.2 Å². The Balaban J connectivity index is 1.70. The van der Waals surface area contributed by atoms with E-state index in [1.807, 2.05) is 35.2 Å². The zero-order valence-corrected chi connectivity index (χ0v) is 14.4. The second-order valence-electron chi connectivity index (χ2n) is 7.02. The fraction of sp³-hybridized carbons (Fsp3) is 0.429.